The quantitative estimate of drug-likeness (QED) is 0.930. The standard InChI is InChI=1S/C14H17ClN4O/c15-12-3-1-11(2-4-12)9-14-17-13(18-20-14)10-19-7-5-16-6-8-19/h1-4,16H,5-10H2. The summed E-state index contributed by atoms with van der Waals surface area (Å²) in [6.07, 6.45) is 0.645. The zero-order chi connectivity index (χ0) is 13.8. The molecule has 3 rings (SSSR count). The minimum atomic E-state index is 0.645. The Kier molecular flexibility index (Phi) is 4.30. The summed E-state index contributed by atoms with van der Waals surface area (Å²) in [7, 11) is 0. The molecule has 0 atom stereocenters. The van der Waals surface area contributed by atoms with Gasteiger partial charge in [0.15, 0.2) is 5.82 Å². The first-order valence-corrected chi connectivity index (χ1v) is 7.16. The van der Waals surface area contributed by atoms with E-state index in [2.05, 4.69) is 20.4 Å². The fourth-order valence-corrected chi connectivity index (χ4v) is 2.40. The third-order valence-electron chi connectivity index (χ3n) is 3.35. The van der Waals surface area contributed by atoms with Crippen LogP contribution in [0.5, 0.6) is 0 Å². The molecule has 6 heteroatoms. The molecule has 1 saturated heterocycles. The van der Waals surface area contributed by atoms with Crippen molar-refractivity contribution in [3.8, 4) is 0 Å². The number of hydrogen-bond acceptors (Lipinski definition) is 5. The number of benzene rings is 1. The maximum atomic E-state index is 5.87. The van der Waals surface area contributed by atoms with Gasteiger partial charge in [-0.15, -0.1) is 0 Å². The lowest BCUT2D eigenvalue weighted by Crippen LogP contribution is -2.43. The number of halogens is 1. The van der Waals surface area contributed by atoms with Crippen LogP contribution in [0.4, 0.5) is 0 Å². The van der Waals surface area contributed by atoms with Gasteiger partial charge in [0.2, 0.25) is 5.89 Å². The normalized spacial score (nSPS) is 16.4. The molecule has 0 radical (unpaired) electrons. The molecule has 1 N–H and O–H groups in total. The fourth-order valence-electron chi connectivity index (χ4n) is 2.27. The molecule has 0 bridgehead atoms. The van der Waals surface area contributed by atoms with Crippen LogP contribution in [0.25, 0.3) is 0 Å². The van der Waals surface area contributed by atoms with Crippen LogP contribution < -0.4 is 5.32 Å². The predicted molar refractivity (Wildman–Crippen MR) is 76.7 cm³/mol. The van der Waals surface area contributed by atoms with Crippen LogP contribution in [0.15, 0.2) is 28.8 Å². The summed E-state index contributed by atoms with van der Waals surface area (Å²) in [4.78, 5) is 6.78. The van der Waals surface area contributed by atoms with Gasteiger partial charge in [0, 0.05) is 31.2 Å². The van der Waals surface area contributed by atoms with Crippen LogP contribution in [-0.4, -0.2) is 41.2 Å². The van der Waals surface area contributed by atoms with E-state index < -0.39 is 0 Å². The number of rotatable bonds is 4. The molecule has 1 fully saturated rings. The molecule has 0 spiro atoms. The Morgan fingerprint density at radius 1 is 1.20 bits per heavy atom. The van der Waals surface area contributed by atoms with E-state index in [-0.39, 0.29) is 0 Å². The zero-order valence-corrected chi connectivity index (χ0v) is 11.9. The lowest BCUT2D eigenvalue weighted by Gasteiger charge is -2.25. The first-order valence-electron chi connectivity index (χ1n) is 6.78. The van der Waals surface area contributed by atoms with Crippen molar-refractivity contribution in [2.75, 3.05) is 26.2 Å². The summed E-state index contributed by atoms with van der Waals surface area (Å²) < 4.78 is 5.30. The van der Waals surface area contributed by atoms with Gasteiger partial charge in [-0.05, 0) is 17.7 Å². The fraction of sp³-hybridized carbons (Fsp3) is 0.429. The van der Waals surface area contributed by atoms with Crippen LogP contribution in [0.2, 0.25) is 5.02 Å². The lowest BCUT2D eigenvalue weighted by atomic mass is 10.1. The van der Waals surface area contributed by atoms with Crippen molar-refractivity contribution in [2.24, 2.45) is 0 Å². The summed E-state index contributed by atoms with van der Waals surface area (Å²) in [5, 5.41) is 8.11. The second-order valence-electron chi connectivity index (χ2n) is 4.93. The Morgan fingerprint density at radius 2 is 1.95 bits per heavy atom. The van der Waals surface area contributed by atoms with Crippen molar-refractivity contribution in [3.05, 3.63) is 46.6 Å². The van der Waals surface area contributed by atoms with Crippen molar-refractivity contribution in [1.29, 1.82) is 0 Å². The van der Waals surface area contributed by atoms with Crippen LogP contribution >= 0.6 is 11.6 Å². The molecule has 1 aliphatic rings. The molecule has 2 heterocycles. The average molecular weight is 293 g/mol. The third kappa shape index (κ3) is 3.56. The van der Waals surface area contributed by atoms with Crippen molar-refractivity contribution in [3.63, 3.8) is 0 Å². The molecule has 2 aromatic rings. The summed E-state index contributed by atoms with van der Waals surface area (Å²) >= 11 is 5.87. The van der Waals surface area contributed by atoms with Gasteiger partial charge >= 0.3 is 0 Å². The highest BCUT2D eigenvalue weighted by Gasteiger charge is 2.14. The van der Waals surface area contributed by atoms with Gasteiger partial charge in [-0.1, -0.05) is 28.9 Å². The highest BCUT2D eigenvalue weighted by molar-refractivity contribution is 6.30. The van der Waals surface area contributed by atoms with Gasteiger partial charge in [-0.25, -0.2) is 0 Å². The van der Waals surface area contributed by atoms with Crippen molar-refractivity contribution >= 4 is 11.6 Å². The highest BCUT2D eigenvalue weighted by atomic mass is 35.5. The van der Waals surface area contributed by atoms with Crippen molar-refractivity contribution < 1.29 is 4.52 Å². The molecule has 106 valence electrons. The van der Waals surface area contributed by atoms with Gasteiger partial charge in [0.05, 0.1) is 13.0 Å². The first-order chi connectivity index (χ1) is 9.79. The van der Waals surface area contributed by atoms with E-state index in [1.807, 2.05) is 24.3 Å². The van der Waals surface area contributed by atoms with E-state index in [0.717, 1.165) is 49.1 Å². The molecular weight excluding hydrogens is 276 g/mol. The van der Waals surface area contributed by atoms with Gasteiger partial charge in [0.1, 0.15) is 0 Å². The number of hydrogen-bond donors (Lipinski definition) is 1. The summed E-state index contributed by atoms with van der Waals surface area (Å²) in [6.45, 7) is 4.86. The minimum Gasteiger partial charge on any atom is -0.339 e. The Labute approximate surface area is 122 Å². The average Bonchev–Trinajstić information content (AvgIpc) is 2.90. The lowest BCUT2D eigenvalue weighted by molar-refractivity contribution is 0.224. The van der Waals surface area contributed by atoms with Gasteiger partial charge in [-0.3, -0.25) is 4.90 Å². The highest BCUT2D eigenvalue weighted by Crippen LogP contribution is 2.13. The predicted octanol–water partition coefficient (Wildman–Crippen LogP) is 1.72. The molecule has 0 saturated carbocycles. The monoisotopic (exact) mass is 292 g/mol. The summed E-state index contributed by atoms with van der Waals surface area (Å²) in [5.74, 6) is 1.41. The molecule has 1 aliphatic heterocycles. The third-order valence-corrected chi connectivity index (χ3v) is 3.61. The maximum Gasteiger partial charge on any atom is 0.231 e. The van der Waals surface area contributed by atoms with Gasteiger partial charge in [-0.2, -0.15) is 4.98 Å². The topological polar surface area (TPSA) is 54.2 Å². The van der Waals surface area contributed by atoms with Crippen molar-refractivity contribution in [1.82, 2.24) is 20.4 Å². The minimum absolute atomic E-state index is 0.645. The van der Waals surface area contributed by atoms with E-state index in [9.17, 15) is 0 Å². The second-order valence-corrected chi connectivity index (χ2v) is 5.37. The number of aromatic nitrogens is 2. The van der Waals surface area contributed by atoms with Gasteiger partial charge in [0.25, 0.3) is 0 Å². The molecule has 0 amide bonds. The van der Waals surface area contributed by atoms with Crippen LogP contribution in [0.3, 0.4) is 0 Å². The Balaban J connectivity index is 1.60. The number of nitrogens with one attached hydrogen (secondary N) is 1. The molecular formula is C14H17ClN4O. The number of nitrogens with zero attached hydrogens (tertiary/aromatic N) is 3. The van der Waals surface area contributed by atoms with Crippen molar-refractivity contribution in [2.45, 2.75) is 13.0 Å². The van der Waals surface area contributed by atoms with Crippen LogP contribution in [0.1, 0.15) is 17.3 Å². The molecule has 0 unspecified atom stereocenters. The smallest absolute Gasteiger partial charge is 0.231 e. The molecule has 1 aromatic heterocycles. The van der Waals surface area contributed by atoms with E-state index in [1.165, 1.54) is 0 Å². The van der Waals surface area contributed by atoms with Crippen LogP contribution in [-0.2, 0) is 13.0 Å². The summed E-state index contributed by atoms with van der Waals surface area (Å²) in [6, 6.07) is 7.69. The maximum absolute atomic E-state index is 5.87. The van der Waals surface area contributed by atoms with E-state index in [4.69, 9.17) is 16.1 Å². The second kappa shape index (κ2) is 6.35. The van der Waals surface area contributed by atoms with E-state index >= 15 is 0 Å². The SMILES string of the molecule is Clc1ccc(Cc2nc(CN3CCNCC3)no2)cc1. The van der Waals surface area contributed by atoms with Gasteiger partial charge < -0.3 is 9.84 Å². The molecule has 0 aliphatic carbocycles. The first kappa shape index (κ1) is 13.5. The zero-order valence-electron chi connectivity index (χ0n) is 11.2. The van der Waals surface area contributed by atoms with Crippen LogP contribution in [0, 0.1) is 0 Å². The Hall–Kier alpha value is -1.43. The molecule has 20 heavy (non-hydrogen) atoms. The number of piperazine rings is 1. The molecule has 5 nitrogen and oxygen atoms in total. The summed E-state index contributed by atoms with van der Waals surface area (Å²) in [5.41, 5.74) is 1.12. The Bertz CT molecular complexity index is 549. The van der Waals surface area contributed by atoms with E-state index in [0.29, 0.717) is 12.3 Å². The largest absolute Gasteiger partial charge is 0.339 e. The van der Waals surface area contributed by atoms with E-state index in [1.54, 1.807) is 0 Å². The molecule has 1 aromatic carbocycles. The Morgan fingerprint density at radius 3 is 2.70 bits per heavy atom.